The number of alkyl halides is 3. The van der Waals surface area contributed by atoms with E-state index in [0.29, 0.717) is 18.1 Å². The average Bonchev–Trinajstić information content (AvgIpc) is 2.99. The van der Waals surface area contributed by atoms with Gasteiger partial charge in [-0.3, -0.25) is 4.99 Å². The molecule has 0 aliphatic heterocycles. The molecule has 0 spiro atoms. The Kier molecular flexibility index (Phi) is 6.42. The Balaban J connectivity index is 1.86. The summed E-state index contributed by atoms with van der Waals surface area (Å²) in [6.07, 6.45) is -2.56. The summed E-state index contributed by atoms with van der Waals surface area (Å²) in [5.74, 6) is 6.04. The number of hydrogen-bond donors (Lipinski definition) is 2. The maximum Gasteiger partial charge on any atom is 0.416 e. The molecule has 0 atom stereocenters. The monoisotopic (exact) mass is 366 g/mol. The Morgan fingerprint density at radius 2 is 2.12 bits per heavy atom. The fraction of sp³-hybridized carbons (Fsp3) is 0.294. The van der Waals surface area contributed by atoms with Crippen LogP contribution in [0.4, 0.5) is 13.2 Å². The van der Waals surface area contributed by atoms with E-state index in [2.05, 4.69) is 32.5 Å². The first-order chi connectivity index (χ1) is 11.9. The highest BCUT2D eigenvalue weighted by atomic mass is 32.1. The lowest BCUT2D eigenvalue weighted by molar-refractivity contribution is -0.137. The minimum absolute atomic E-state index is 0.257. The third-order valence-corrected chi connectivity index (χ3v) is 3.98. The summed E-state index contributed by atoms with van der Waals surface area (Å²) in [5, 5.41) is 7.02. The van der Waals surface area contributed by atoms with Gasteiger partial charge in [0, 0.05) is 23.7 Å². The van der Waals surface area contributed by atoms with Gasteiger partial charge in [-0.05, 0) is 25.1 Å². The van der Waals surface area contributed by atoms with Gasteiger partial charge in [-0.1, -0.05) is 17.9 Å². The number of thiazole rings is 1. The third-order valence-electron chi connectivity index (χ3n) is 3.07. The highest BCUT2D eigenvalue weighted by Gasteiger charge is 2.30. The molecule has 0 aliphatic carbocycles. The summed E-state index contributed by atoms with van der Waals surface area (Å²) >= 11 is 1.59. The number of nitrogens with zero attached hydrogens (tertiary/aromatic N) is 2. The fourth-order valence-electron chi connectivity index (χ4n) is 1.91. The molecule has 1 heterocycles. The molecule has 132 valence electrons. The van der Waals surface area contributed by atoms with Gasteiger partial charge in [0.25, 0.3) is 0 Å². The van der Waals surface area contributed by atoms with Crippen molar-refractivity contribution in [2.24, 2.45) is 4.99 Å². The lowest BCUT2D eigenvalue weighted by atomic mass is 10.1. The number of aromatic nitrogens is 1. The number of nitrogens with one attached hydrogen (secondary N) is 2. The first-order valence-electron chi connectivity index (χ1n) is 7.40. The van der Waals surface area contributed by atoms with Gasteiger partial charge in [0.15, 0.2) is 5.96 Å². The number of rotatable bonds is 3. The predicted octanol–water partition coefficient (Wildman–Crippen LogP) is 3.19. The van der Waals surface area contributed by atoms with Crippen LogP contribution in [0.25, 0.3) is 0 Å². The van der Waals surface area contributed by atoms with Crippen molar-refractivity contribution in [2.75, 3.05) is 13.6 Å². The Morgan fingerprint density at radius 3 is 2.76 bits per heavy atom. The van der Waals surface area contributed by atoms with Crippen molar-refractivity contribution in [3.05, 3.63) is 51.5 Å². The molecule has 1 aromatic heterocycles. The van der Waals surface area contributed by atoms with E-state index in [1.54, 1.807) is 30.6 Å². The normalized spacial score (nSPS) is 11.6. The summed E-state index contributed by atoms with van der Waals surface area (Å²) in [5.41, 5.74) is -0.388. The summed E-state index contributed by atoms with van der Waals surface area (Å²) in [6, 6.07) is 4.94. The molecule has 2 rings (SSSR count). The first kappa shape index (κ1) is 18.8. The number of benzene rings is 1. The summed E-state index contributed by atoms with van der Waals surface area (Å²) in [4.78, 5) is 9.43. The standard InChI is InChI=1S/C17H17F3N4S/c1-12-10-23-15(25-12)11-24-16(21-2)22-8-4-6-13-5-3-7-14(9-13)17(18,19)20/h3,5,7,9-10H,8,11H2,1-2H3,(H2,21,22,24). The van der Waals surface area contributed by atoms with Crippen molar-refractivity contribution in [2.45, 2.75) is 19.6 Å². The van der Waals surface area contributed by atoms with Gasteiger partial charge in [0.05, 0.1) is 18.7 Å². The van der Waals surface area contributed by atoms with E-state index in [0.717, 1.165) is 22.0 Å². The zero-order chi connectivity index (χ0) is 18.3. The lowest BCUT2D eigenvalue weighted by Gasteiger charge is -2.08. The SMILES string of the molecule is CN=C(NCC#Cc1cccc(C(F)(F)F)c1)NCc1ncc(C)s1. The Bertz CT molecular complexity index is 800. The molecule has 0 saturated carbocycles. The van der Waals surface area contributed by atoms with Crippen molar-refractivity contribution >= 4 is 17.3 Å². The molecule has 0 unspecified atom stereocenters. The van der Waals surface area contributed by atoms with Crippen LogP contribution in [0.5, 0.6) is 0 Å². The molecular formula is C17H17F3N4S. The molecule has 0 amide bonds. The molecule has 4 nitrogen and oxygen atoms in total. The van der Waals surface area contributed by atoms with E-state index in [9.17, 15) is 13.2 Å². The quantitative estimate of drug-likeness (QED) is 0.498. The molecule has 1 aromatic carbocycles. The van der Waals surface area contributed by atoms with Crippen LogP contribution in [0.1, 0.15) is 21.0 Å². The molecule has 25 heavy (non-hydrogen) atoms. The number of halogens is 3. The maximum absolute atomic E-state index is 12.6. The minimum atomic E-state index is -4.36. The van der Waals surface area contributed by atoms with Crippen molar-refractivity contribution < 1.29 is 13.2 Å². The molecule has 0 fully saturated rings. The van der Waals surface area contributed by atoms with Crippen LogP contribution in [0.15, 0.2) is 35.5 Å². The summed E-state index contributed by atoms with van der Waals surface area (Å²) in [6.45, 7) is 2.78. The van der Waals surface area contributed by atoms with Gasteiger partial charge in [-0.15, -0.1) is 11.3 Å². The zero-order valence-corrected chi connectivity index (χ0v) is 14.6. The molecule has 0 saturated heterocycles. The third kappa shape index (κ3) is 6.12. The van der Waals surface area contributed by atoms with E-state index in [1.807, 2.05) is 6.92 Å². The largest absolute Gasteiger partial charge is 0.416 e. The van der Waals surface area contributed by atoms with E-state index in [-0.39, 0.29) is 6.54 Å². The van der Waals surface area contributed by atoms with Crippen molar-refractivity contribution in [3.63, 3.8) is 0 Å². The van der Waals surface area contributed by atoms with E-state index in [4.69, 9.17) is 0 Å². The number of hydrogen-bond acceptors (Lipinski definition) is 3. The number of aryl methyl sites for hydroxylation is 1. The lowest BCUT2D eigenvalue weighted by Crippen LogP contribution is -2.36. The number of guanidine groups is 1. The van der Waals surface area contributed by atoms with Crippen molar-refractivity contribution in [3.8, 4) is 11.8 Å². The van der Waals surface area contributed by atoms with Gasteiger partial charge < -0.3 is 10.6 Å². The van der Waals surface area contributed by atoms with Crippen LogP contribution in [0, 0.1) is 18.8 Å². The van der Waals surface area contributed by atoms with E-state index >= 15 is 0 Å². The van der Waals surface area contributed by atoms with Crippen LogP contribution in [-0.4, -0.2) is 24.5 Å². The Morgan fingerprint density at radius 1 is 1.32 bits per heavy atom. The van der Waals surface area contributed by atoms with Crippen molar-refractivity contribution in [1.29, 1.82) is 0 Å². The van der Waals surface area contributed by atoms with Crippen LogP contribution >= 0.6 is 11.3 Å². The highest BCUT2D eigenvalue weighted by Crippen LogP contribution is 2.29. The van der Waals surface area contributed by atoms with Gasteiger partial charge >= 0.3 is 6.18 Å². The molecule has 8 heteroatoms. The molecular weight excluding hydrogens is 349 g/mol. The van der Waals surface area contributed by atoms with Crippen LogP contribution in [-0.2, 0) is 12.7 Å². The zero-order valence-electron chi connectivity index (χ0n) is 13.7. The smallest absolute Gasteiger partial charge is 0.350 e. The van der Waals surface area contributed by atoms with E-state index < -0.39 is 11.7 Å². The molecule has 0 bridgehead atoms. The molecule has 0 radical (unpaired) electrons. The van der Waals surface area contributed by atoms with Crippen molar-refractivity contribution in [1.82, 2.24) is 15.6 Å². The maximum atomic E-state index is 12.6. The number of aliphatic imine (C=N–C) groups is 1. The van der Waals surface area contributed by atoms with Crippen LogP contribution in [0.3, 0.4) is 0 Å². The van der Waals surface area contributed by atoms with Gasteiger partial charge in [-0.2, -0.15) is 13.2 Å². The minimum Gasteiger partial charge on any atom is -0.350 e. The predicted molar refractivity (Wildman–Crippen MR) is 93.4 cm³/mol. The second kappa shape index (κ2) is 8.53. The van der Waals surface area contributed by atoms with Crippen LogP contribution in [0.2, 0.25) is 0 Å². The van der Waals surface area contributed by atoms with E-state index in [1.165, 1.54) is 6.07 Å². The van der Waals surface area contributed by atoms with Gasteiger partial charge in [0.2, 0.25) is 0 Å². The topological polar surface area (TPSA) is 49.3 Å². The highest BCUT2D eigenvalue weighted by molar-refractivity contribution is 7.11. The second-order valence-electron chi connectivity index (χ2n) is 5.02. The second-order valence-corrected chi connectivity index (χ2v) is 6.34. The summed E-state index contributed by atoms with van der Waals surface area (Å²) in [7, 11) is 1.63. The molecule has 0 aliphatic rings. The Hall–Kier alpha value is -2.53. The summed E-state index contributed by atoms with van der Waals surface area (Å²) < 4.78 is 37.9. The molecule has 2 N–H and O–H groups in total. The fourth-order valence-corrected chi connectivity index (χ4v) is 2.64. The average molecular weight is 366 g/mol. The van der Waals surface area contributed by atoms with Crippen LogP contribution < -0.4 is 10.6 Å². The Labute approximate surface area is 148 Å². The van der Waals surface area contributed by atoms with Gasteiger partial charge in [-0.25, -0.2) is 4.98 Å². The first-order valence-corrected chi connectivity index (χ1v) is 8.22. The van der Waals surface area contributed by atoms with Gasteiger partial charge in [0.1, 0.15) is 5.01 Å². The molecule has 2 aromatic rings.